The third-order valence-corrected chi connectivity index (χ3v) is 6.70. The second kappa shape index (κ2) is 14.8. The van der Waals surface area contributed by atoms with Crippen LogP contribution >= 0.6 is 0 Å². The SMILES string of the molecule is O=C(CC(O)(c1ccccc1)C(O)(CC(=O)OCCOc1ccccc1)c1ccccc1)OCCOc1ccccc1. The van der Waals surface area contributed by atoms with Gasteiger partial charge in [0, 0.05) is 0 Å². The molecule has 42 heavy (non-hydrogen) atoms. The van der Waals surface area contributed by atoms with Crippen molar-refractivity contribution in [1.29, 1.82) is 0 Å². The van der Waals surface area contributed by atoms with Crippen LogP contribution in [-0.2, 0) is 30.3 Å². The zero-order valence-corrected chi connectivity index (χ0v) is 23.1. The first-order valence-electron chi connectivity index (χ1n) is 13.6. The average molecular weight is 571 g/mol. The molecule has 0 saturated carbocycles. The first-order chi connectivity index (χ1) is 20.4. The van der Waals surface area contributed by atoms with Gasteiger partial charge in [0.1, 0.15) is 49.1 Å². The quantitative estimate of drug-likeness (QED) is 0.155. The molecule has 218 valence electrons. The summed E-state index contributed by atoms with van der Waals surface area (Å²) in [7, 11) is 0. The van der Waals surface area contributed by atoms with Gasteiger partial charge in [-0.1, -0.05) is 97.1 Å². The normalized spacial score (nSPS) is 13.7. The monoisotopic (exact) mass is 570 g/mol. The minimum atomic E-state index is -2.26. The Bertz CT molecular complexity index is 1270. The summed E-state index contributed by atoms with van der Waals surface area (Å²) in [6.45, 7) is 0.0390. The lowest BCUT2D eigenvalue weighted by Gasteiger charge is -2.43. The third kappa shape index (κ3) is 7.96. The van der Waals surface area contributed by atoms with E-state index in [9.17, 15) is 19.8 Å². The van der Waals surface area contributed by atoms with Crippen LogP contribution in [0.15, 0.2) is 121 Å². The predicted octanol–water partition coefficient (Wildman–Crippen LogP) is 4.79. The summed E-state index contributed by atoms with van der Waals surface area (Å²) >= 11 is 0. The van der Waals surface area contributed by atoms with Crippen LogP contribution in [0.1, 0.15) is 24.0 Å². The van der Waals surface area contributed by atoms with Gasteiger partial charge in [0.25, 0.3) is 0 Å². The van der Waals surface area contributed by atoms with E-state index in [1.807, 2.05) is 36.4 Å². The van der Waals surface area contributed by atoms with Crippen molar-refractivity contribution < 1.29 is 38.7 Å². The topological polar surface area (TPSA) is 112 Å². The Morgan fingerprint density at radius 2 is 0.786 bits per heavy atom. The summed E-state index contributed by atoms with van der Waals surface area (Å²) in [5.74, 6) is -0.310. The molecule has 0 saturated heterocycles. The van der Waals surface area contributed by atoms with Gasteiger partial charge < -0.3 is 29.2 Å². The van der Waals surface area contributed by atoms with E-state index in [2.05, 4.69) is 0 Å². The Kier molecular flexibility index (Phi) is 10.7. The number of carbonyl (C=O) groups is 2. The molecule has 2 unspecified atom stereocenters. The molecule has 4 aromatic rings. The van der Waals surface area contributed by atoms with E-state index in [-0.39, 0.29) is 37.6 Å². The van der Waals surface area contributed by atoms with Crippen molar-refractivity contribution >= 4 is 11.9 Å². The van der Waals surface area contributed by atoms with Crippen molar-refractivity contribution in [2.45, 2.75) is 24.0 Å². The molecular weight excluding hydrogens is 536 g/mol. The number of carbonyl (C=O) groups excluding carboxylic acids is 2. The van der Waals surface area contributed by atoms with Crippen LogP contribution in [0.3, 0.4) is 0 Å². The van der Waals surface area contributed by atoms with Gasteiger partial charge in [-0.05, 0) is 35.4 Å². The molecule has 2 atom stereocenters. The van der Waals surface area contributed by atoms with E-state index in [1.54, 1.807) is 84.9 Å². The van der Waals surface area contributed by atoms with Crippen molar-refractivity contribution in [2.24, 2.45) is 0 Å². The number of hydrogen-bond acceptors (Lipinski definition) is 8. The summed E-state index contributed by atoms with van der Waals surface area (Å²) in [6, 6.07) is 34.6. The Morgan fingerprint density at radius 3 is 1.12 bits per heavy atom. The van der Waals surface area contributed by atoms with Gasteiger partial charge >= 0.3 is 11.9 Å². The minimum Gasteiger partial charge on any atom is -0.490 e. The summed E-state index contributed by atoms with van der Waals surface area (Å²) in [5.41, 5.74) is -4.05. The summed E-state index contributed by atoms with van der Waals surface area (Å²) in [5, 5.41) is 24.4. The average Bonchev–Trinajstić information content (AvgIpc) is 3.03. The summed E-state index contributed by atoms with van der Waals surface area (Å²) in [6.07, 6.45) is -1.28. The molecule has 0 radical (unpaired) electrons. The zero-order valence-electron chi connectivity index (χ0n) is 23.1. The first-order valence-corrected chi connectivity index (χ1v) is 13.6. The maximum Gasteiger partial charge on any atom is 0.309 e. The predicted molar refractivity (Wildman–Crippen MR) is 156 cm³/mol. The van der Waals surface area contributed by atoms with Crippen LogP contribution in [0.4, 0.5) is 0 Å². The van der Waals surface area contributed by atoms with Gasteiger partial charge in [-0.2, -0.15) is 0 Å². The van der Waals surface area contributed by atoms with Gasteiger partial charge in [-0.25, -0.2) is 0 Å². The molecule has 8 heteroatoms. The molecule has 4 rings (SSSR count). The molecular formula is C34H34O8. The molecule has 2 N–H and O–H groups in total. The highest BCUT2D eigenvalue weighted by molar-refractivity contribution is 5.74. The molecule has 0 spiro atoms. The fraction of sp³-hybridized carbons (Fsp3) is 0.235. The van der Waals surface area contributed by atoms with Gasteiger partial charge in [-0.15, -0.1) is 0 Å². The molecule has 8 nitrogen and oxygen atoms in total. The van der Waals surface area contributed by atoms with E-state index >= 15 is 0 Å². The van der Waals surface area contributed by atoms with E-state index < -0.39 is 36.0 Å². The van der Waals surface area contributed by atoms with Crippen LogP contribution in [0, 0.1) is 0 Å². The number of aliphatic hydroxyl groups is 2. The van der Waals surface area contributed by atoms with Crippen molar-refractivity contribution in [3.05, 3.63) is 132 Å². The van der Waals surface area contributed by atoms with Crippen molar-refractivity contribution in [1.82, 2.24) is 0 Å². The van der Waals surface area contributed by atoms with Gasteiger partial charge in [0.15, 0.2) is 0 Å². The standard InChI is InChI=1S/C34H34O8/c35-31(41-23-21-39-29-17-9-3-10-18-29)25-33(37,27-13-5-1-6-14-27)34(38,28-15-7-2-8-16-28)26-32(36)42-24-22-40-30-19-11-4-12-20-30/h1-20,37-38H,21-26H2. The van der Waals surface area contributed by atoms with Gasteiger partial charge in [0.2, 0.25) is 0 Å². The van der Waals surface area contributed by atoms with E-state index in [1.165, 1.54) is 0 Å². The molecule has 0 aliphatic heterocycles. The van der Waals surface area contributed by atoms with Gasteiger partial charge in [-0.3, -0.25) is 9.59 Å². The lowest BCUT2D eigenvalue weighted by Crippen LogP contribution is -2.52. The number of esters is 2. The fourth-order valence-electron chi connectivity index (χ4n) is 4.59. The second-order valence-electron chi connectivity index (χ2n) is 9.57. The smallest absolute Gasteiger partial charge is 0.309 e. The number of benzene rings is 4. The van der Waals surface area contributed by atoms with Crippen molar-refractivity contribution in [2.75, 3.05) is 26.4 Å². The molecule has 0 bridgehead atoms. The highest BCUT2D eigenvalue weighted by atomic mass is 16.6. The maximum absolute atomic E-state index is 13.1. The number of rotatable bonds is 15. The molecule has 0 amide bonds. The Hall–Kier alpha value is -4.66. The molecule has 0 aliphatic carbocycles. The third-order valence-electron chi connectivity index (χ3n) is 6.70. The van der Waals surface area contributed by atoms with Crippen LogP contribution in [-0.4, -0.2) is 48.6 Å². The maximum atomic E-state index is 13.1. The zero-order chi connectivity index (χ0) is 29.7. The summed E-state index contributed by atoms with van der Waals surface area (Å²) in [4.78, 5) is 26.1. The number of hydrogen-bond donors (Lipinski definition) is 2. The Morgan fingerprint density at radius 1 is 0.476 bits per heavy atom. The highest BCUT2D eigenvalue weighted by Gasteiger charge is 2.54. The second-order valence-corrected chi connectivity index (χ2v) is 9.57. The van der Waals surface area contributed by atoms with E-state index in [4.69, 9.17) is 18.9 Å². The molecule has 4 aromatic carbocycles. The van der Waals surface area contributed by atoms with Gasteiger partial charge in [0.05, 0.1) is 12.8 Å². The Labute approximate surface area is 245 Å². The minimum absolute atomic E-state index is 0.0776. The van der Waals surface area contributed by atoms with Crippen molar-refractivity contribution in [3.63, 3.8) is 0 Å². The van der Waals surface area contributed by atoms with E-state index in [0.717, 1.165) is 0 Å². The number of ether oxygens (including phenoxy) is 4. The lowest BCUT2D eigenvalue weighted by atomic mass is 9.69. The van der Waals surface area contributed by atoms with Crippen LogP contribution < -0.4 is 9.47 Å². The number of para-hydroxylation sites is 2. The van der Waals surface area contributed by atoms with Crippen LogP contribution in [0.2, 0.25) is 0 Å². The lowest BCUT2D eigenvalue weighted by molar-refractivity contribution is -0.196. The Balaban J connectivity index is 1.50. The van der Waals surface area contributed by atoms with Crippen molar-refractivity contribution in [3.8, 4) is 11.5 Å². The first kappa shape index (κ1) is 30.3. The molecule has 0 heterocycles. The summed E-state index contributed by atoms with van der Waals surface area (Å²) < 4.78 is 21.9. The molecule has 0 fully saturated rings. The molecule has 0 aromatic heterocycles. The van der Waals surface area contributed by atoms with Crippen LogP contribution in [0.25, 0.3) is 0 Å². The van der Waals surface area contributed by atoms with Crippen LogP contribution in [0.5, 0.6) is 11.5 Å². The fourth-order valence-corrected chi connectivity index (χ4v) is 4.59. The van der Waals surface area contributed by atoms with E-state index in [0.29, 0.717) is 11.5 Å². The largest absolute Gasteiger partial charge is 0.490 e. The molecule has 0 aliphatic rings. The highest BCUT2D eigenvalue weighted by Crippen LogP contribution is 2.46.